The zero-order valence-electron chi connectivity index (χ0n) is 19.7. The smallest absolute Gasteiger partial charge is 0.250 e. The number of rotatable bonds is 7. The quantitative estimate of drug-likeness (QED) is 0.323. The number of piperazine rings is 1. The molecule has 0 saturated carbocycles. The molecule has 0 unspecified atom stereocenters. The van der Waals surface area contributed by atoms with Gasteiger partial charge in [0, 0.05) is 38.1 Å². The van der Waals surface area contributed by atoms with E-state index in [9.17, 15) is 4.79 Å². The molecule has 0 aromatic heterocycles. The lowest BCUT2D eigenvalue weighted by atomic mass is 10.1. The van der Waals surface area contributed by atoms with Gasteiger partial charge >= 0.3 is 0 Å². The molecule has 5 N–H and O–H groups in total. The molecule has 2 aromatic rings. The Labute approximate surface area is 203 Å². The largest absolute Gasteiger partial charge is 0.495 e. The Morgan fingerprint density at radius 2 is 1.86 bits per heavy atom. The van der Waals surface area contributed by atoms with Gasteiger partial charge in [-0.3, -0.25) is 4.79 Å². The fourth-order valence-corrected chi connectivity index (χ4v) is 4.21. The van der Waals surface area contributed by atoms with Gasteiger partial charge in [0.25, 0.3) is 5.91 Å². The van der Waals surface area contributed by atoms with Gasteiger partial charge in [0.2, 0.25) is 5.95 Å². The predicted molar refractivity (Wildman–Crippen MR) is 137 cm³/mol. The number of para-hydroxylation sites is 1. The summed E-state index contributed by atoms with van der Waals surface area (Å²) in [5.41, 5.74) is 9.19. The Morgan fingerprint density at radius 1 is 1.06 bits per heavy atom. The maximum absolute atomic E-state index is 11.9. The van der Waals surface area contributed by atoms with Crippen molar-refractivity contribution >= 4 is 34.7 Å². The number of hydrogen-bond donors (Lipinski definition) is 4. The molecule has 0 radical (unpaired) electrons. The topological polar surface area (TPSA) is 124 Å². The molecule has 10 nitrogen and oxygen atoms in total. The van der Waals surface area contributed by atoms with Crippen LogP contribution in [0.5, 0.6) is 5.75 Å². The van der Waals surface area contributed by atoms with Crippen LogP contribution < -0.4 is 26.0 Å². The zero-order chi connectivity index (χ0) is 24.4. The molecule has 0 atom stereocenters. The lowest BCUT2D eigenvalue weighted by Crippen LogP contribution is -2.44. The number of carbonyl (C=O) groups is 1. The van der Waals surface area contributed by atoms with Gasteiger partial charge in [0.15, 0.2) is 0 Å². The van der Waals surface area contributed by atoms with Crippen LogP contribution in [0.3, 0.4) is 0 Å². The Balaban J connectivity index is 1.48. The van der Waals surface area contributed by atoms with Gasteiger partial charge in [-0.05, 0) is 43.4 Å². The molecular weight excluding hydrogens is 444 g/mol. The summed E-state index contributed by atoms with van der Waals surface area (Å²) < 4.78 is 5.60. The van der Waals surface area contributed by atoms with Crippen LogP contribution in [0.1, 0.15) is 10.4 Å². The van der Waals surface area contributed by atoms with Crippen molar-refractivity contribution in [2.45, 2.75) is 0 Å². The first kappa shape index (κ1) is 22.5. The molecule has 1 fully saturated rings. The average molecular weight is 473 g/mol. The molecule has 0 aliphatic carbocycles. The number of ether oxygens (including phenoxy) is 1. The molecule has 3 aliphatic rings. The van der Waals surface area contributed by atoms with Crippen LogP contribution in [0.15, 0.2) is 54.7 Å². The Hall–Kier alpha value is -4.31. The summed E-state index contributed by atoms with van der Waals surface area (Å²) in [6.07, 6.45) is 1.70. The van der Waals surface area contributed by atoms with E-state index in [2.05, 4.69) is 49.6 Å². The minimum atomic E-state index is -0.517. The van der Waals surface area contributed by atoms with Crippen LogP contribution >= 0.6 is 0 Å². The number of H-pyrrole nitrogens is 1. The number of nitrogens with two attached hydrogens (primary N) is 1. The molecule has 1 saturated heterocycles. The number of benzene rings is 2. The highest BCUT2D eigenvalue weighted by Crippen LogP contribution is 2.35. The van der Waals surface area contributed by atoms with Crippen molar-refractivity contribution in [1.82, 2.24) is 19.9 Å². The minimum absolute atomic E-state index is 0.380. The molecule has 0 spiro atoms. The zero-order valence-corrected chi connectivity index (χ0v) is 19.7. The van der Waals surface area contributed by atoms with E-state index in [1.165, 1.54) is 0 Å². The van der Waals surface area contributed by atoms with E-state index in [1.807, 2.05) is 18.2 Å². The minimum Gasteiger partial charge on any atom is -0.495 e. The molecule has 1 amide bonds. The van der Waals surface area contributed by atoms with Crippen LogP contribution in [0.2, 0.25) is 0 Å². The van der Waals surface area contributed by atoms with Crippen LogP contribution in [0.25, 0.3) is 11.4 Å². The number of nitrogens with one attached hydrogen (secondary N) is 3. The van der Waals surface area contributed by atoms with Gasteiger partial charge in [-0.25, -0.2) is 4.98 Å². The molecule has 2 aromatic carbocycles. The summed E-state index contributed by atoms with van der Waals surface area (Å²) in [4.78, 5) is 29.0. The molecule has 5 rings (SSSR count). The number of hydrogen-bond acceptors (Lipinski definition) is 8. The third-order valence-electron chi connectivity index (χ3n) is 6.17. The van der Waals surface area contributed by atoms with Crippen molar-refractivity contribution in [3.05, 3.63) is 60.3 Å². The van der Waals surface area contributed by atoms with Crippen LogP contribution in [-0.2, 0) is 0 Å². The van der Waals surface area contributed by atoms with Gasteiger partial charge < -0.3 is 35.9 Å². The SMILES string of the molecule is COc1ccc(N2CCN(C)CC2)cc1Nc1nc(Nc2ccccc2C(N)=O)c2ccnc-2[nH]1. The third-order valence-corrected chi connectivity index (χ3v) is 6.17. The first-order valence-corrected chi connectivity index (χ1v) is 11.4. The van der Waals surface area contributed by atoms with E-state index >= 15 is 0 Å². The predicted octanol–water partition coefficient (Wildman–Crippen LogP) is 3.26. The number of likely N-dealkylation sites (N-methyl/N-ethyl adjacent to an activating group) is 1. The van der Waals surface area contributed by atoms with E-state index < -0.39 is 5.91 Å². The third kappa shape index (κ3) is 4.69. The van der Waals surface area contributed by atoms with E-state index in [1.54, 1.807) is 31.5 Å². The average Bonchev–Trinajstić information content (AvgIpc) is 3.34. The van der Waals surface area contributed by atoms with Crippen molar-refractivity contribution in [2.75, 3.05) is 55.9 Å². The van der Waals surface area contributed by atoms with Crippen molar-refractivity contribution in [3.63, 3.8) is 0 Å². The van der Waals surface area contributed by atoms with Crippen molar-refractivity contribution in [2.24, 2.45) is 5.73 Å². The van der Waals surface area contributed by atoms with Crippen LogP contribution in [0.4, 0.5) is 28.8 Å². The molecule has 10 heteroatoms. The first-order valence-electron chi connectivity index (χ1n) is 11.4. The molecule has 35 heavy (non-hydrogen) atoms. The van der Waals surface area contributed by atoms with E-state index in [4.69, 9.17) is 15.5 Å². The van der Waals surface area contributed by atoms with Crippen molar-refractivity contribution in [1.29, 1.82) is 0 Å². The normalized spacial score (nSPS) is 14.2. The molecule has 3 heterocycles. The lowest BCUT2D eigenvalue weighted by molar-refractivity contribution is 0.100. The molecule has 180 valence electrons. The second kappa shape index (κ2) is 9.51. The van der Waals surface area contributed by atoms with Gasteiger partial charge in [-0.15, -0.1) is 0 Å². The number of nitrogens with zero attached hydrogens (tertiary/aromatic N) is 4. The van der Waals surface area contributed by atoms with Gasteiger partial charge in [-0.1, -0.05) is 12.1 Å². The van der Waals surface area contributed by atoms with Crippen molar-refractivity contribution < 1.29 is 9.53 Å². The molecule has 3 aliphatic heterocycles. The summed E-state index contributed by atoms with van der Waals surface area (Å²) >= 11 is 0. The van der Waals surface area contributed by atoms with E-state index in [0.717, 1.165) is 43.1 Å². The molecule has 0 bridgehead atoms. The standard InChI is InChI=1S/C25H28N8O2/c1-32-11-13-33(14-12-32)16-7-8-21(35-2)20(15-16)29-25-30-23-18(9-10-27-23)24(31-25)28-19-6-4-3-5-17(19)22(26)34/h3-10,15H,11-14H2,1-2H3,(H2,26,34)(H3,27,28,29,30,31). The Morgan fingerprint density at radius 3 is 2.63 bits per heavy atom. The van der Waals surface area contributed by atoms with Gasteiger partial charge in [-0.2, -0.15) is 4.98 Å². The highest BCUT2D eigenvalue weighted by molar-refractivity contribution is 5.99. The number of aromatic nitrogens is 3. The summed E-state index contributed by atoms with van der Waals surface area (Å²) in [7, 11) is 3.78. The maximum atomic E-state index is 11.9. The van der Waals surface area contributed by atoms with E-state index in [-0.39, 0.29) is 0 Å². The fraction of sp³-hybridized carbons (Fsp3) is 0.240. The van der Waals surface area contributed by atoms with Gasteiger partial charge in [0.1, 0.15) is 17.4 Å². The summed E-state index contributed by atoms with van der Waals surface area (Å²) in [5, 5.41) is 6.61. The highest BCUT2D eigenvalue weighted by atomic mass is 16.5. The molecular formula is C25H28N8O2. The number of methoxy groups -OCH3 is 1. The lowest BCUT2D eigenvalue weighted by Gasteiger charge is -2.34. The summed E-state index contributed by atoms with van der Waals surface area (Å²) in [6, 6.07) is 15.0. The maximum Gasteiger partial charge on any atom is 0.250 e. The second-order valence-corrected chi connectivity index (χ2v) is 8.48. The highest BCUT2D eigenvalue weighted by Gasteiger charge is 2.19. The monoisotopic (exact) mass is 472 g/mol. The van der Waals surface area contributed by atoms with Crippen molar-refractivity contribution in [3.8, 4) is 17.1 Å². The number of amides is 1. The number of carbonyl (C=O) groups excluding carboxylic acids is 1. The Bertz CT molecular complexity index is 1310. The Kier molecular flexibility index (Phi) is 6.11. The van der Waals surface area contributed by atoms with E-state index in [0.29, 0.717) is 34.6 Å². The first-order chi connectivity index (χ1) is 17.0. The summed E-state index contributed by atoms with van der Waals surface area (Å²) in [6.45, 7) is 3.96. The van der Waals surface area contributed by atoms with Crippen LogP contribution in [-0.4, -0.2) is 66.1 Å². The second-order valence-electron chi connectivity index (χ2n) is 8.48. The number of aromatic amines is 1. The van der Waals surface area contributed by atoms with Gasteiger partial charge in [0.05, 0.1) is 29.6 Å². The number of anilines is 5. The van der Waals surface area contributed by atoms with Crippen LogP contribution in [0, 0.1) is 0 Å². The number of primary amides is 1. The summed E-state index contributed by atoms with van der Waals surface area (Å²) in [5.74, 6) is 1.85. The number of fused-ring (bicyclic) bond motifs is 1. The fourth-order valence-electron chi connectivity index (χ4n) is 4.21.